The number of rotatable bonds is 2. The highest BCUT2D eigenvalue weighted by molar-refractivity contribution is 9.10. The highest BCUT2D eigenvalue weighted by Crippen LogP contribution is 2.31. The molecular weight excluding hydrogens is 334 g/mol. The van der Waals surface area contributed by atoms with Gasteiger partial charge in [-0.25, -0.2) is 0 Å². The van der Waals surface area contributed by atoms with Crippen molar-refractivity contribution < 1.29 is 14.0 Å². The first-order chi connectivity index (χ1) is 8.97. The summed E-state index contributed by atoms with van der Waals surface area (Å²) in [5.74, 6) is -0.413. The lowest BCUT2D eigenvalue weighted by Crippen LogP contribution is -2.27. The van der Waals surface area contributed by atoms with Gasteiger partial charge < -0.3 is 4.42 Å². The van der Waals surface area contributed by atoms with Crippen molar-refractivity contribution >= 4 is 39.3 Å². The molecule has 0 unspecified atom stereocenters. The van der Waals surface area contributed by atoms with Gasteiger partial charge in [0, 0.05) is 22.0 Å². The van der Waals surface area contributed by atoms with Crippen LogP contribution in [0.25, 0.3) is 11.3 Å². The maximum Gasteiger partial charge on any atom is 0.293 e. The smallest absolute Gasteiger partial charge is 0.293 e. The average Bonchev–Trinajstić information content (AvgIpc) is 2.77. The van der Waals surface area contributed by atoms with Gasteiger partial charge in [-0.3, -0.25) is 14.9 Å². The molecule has 0 aliphatic heterocycles. The van der Waals surface area contributed by atoms with Gasteiger partial charge in [0.25, 0.3) is 5.91 Å². The second kappa shape index (κ2) is 5.59. The van der Waals surface area contributed by atoms with Gasteiger partial charge in [0.05, 0.1) is 0 Å². The molecule has 2 amide bonds. The Balaban J connectivity index is 2.30. The second-order valence-corrected chi connectivity index (χ2v) is 5.09. The third-order valence-electron chi connectivity index (χ3n) is 2.32. The Morgan fingerprint density at radius 1 is 1.26 bits per heavy atom. The minimum Gasteiger partial charge on any atom is -0.451 e. The Kier molecular flexibility index (Phi) is 4.07. The van der Waals surface area contributed by atoms with Crippen LogP contribution >= 0.6 is 27.5 Å². The van der Waals surface area contributed by atoms with Gasteiger partial charge in [-0.15, -0.1) is 0 Å². The molecule has 6 heteroatoms. The van der Waals surface area contributed by atoms with Crippen molar-refractivity contribution in [1.29, 1.82) is 0 Å². The molecule has 1 aromatic heterocycles. The lowest BCUT2D eigenvalue weighted by molar-refractivity contribution is -0.118. The van der Waals surface area contributed by atoms with Gasteiger partial charge in [-0.05, 0) is 46.3 Å². The van der Waals surface area contributed by atoms with Crippen LogP contribution in [0.1, 0.15) is 17.5 Å². The molecule has 2 rings (SSSR count). The van der Waals surface area contributed by atoms with Crippen LogP contribution in [0.2, 0.25) is 5.02 Å². The van der Waals surface area contributed by atoms with E-state index < -0.39 is 11.8 Å². The van der Waals surface area contributed by atoms with Gasteiger partial charge in [0.2, 0.25) is 5.91 Å². The first kappa shape index (κ1) is 13.8. The van der Waals surface area contributed by atoms with Crippen molar-refractivity contribution in [1.82, 2.24) is 5.32 Å². The summed E-state index contributed by atoms with van der Waals surface area (Å²) in [5, 5.41) is 2.74. The van der Waals surface area contributed by atoms with E-state index in [-0.39, 0.29) is 5.76 Å². The summed E-state index contributed by atoms with van der Waals surface area (Å²) >= 11 is 9.23. The topological polar surface area (TPSA) is 59.3 Å². The van der Waals surface area contributed by atoms with Crippen molar-refractivity contribution in [3.63, 3.8) is 0 Å². The van der Waals surface area contributed by atoms with Crippen LogP contribution in [0.15, 0.2) is 39.2 Å². The maximum absolute atomic E-state index is 11.6. The largest absolute Gasteiger partial charge is 0.451 e. The fourth-order valence-corrected chi connectivity index (χ4v) is 2.39. The number of benzene rings is 1. The molecule has 0 saturated heterocycles. The number of carbonyl (C=O) groups excluding carboxylic acids is 2. The Bertz CT molecular complexity index is 651. The highest BCUT2D eigenvalue weighted by atomic mass is 79.9. The summed E-state index contributed by atoms with van der Waals surface area (Å²) < 4.78 is 6.17. The summed E-state index contributed by atoms with van der Waals surface area (Å²) in [6.07, 6.45) is 0. The van der Waals surface area contributed by atoms with Crippen LogP contribution in [0.4, 0.5) is 0 Å². The number of hydrogen-bond acceptors (Lipinski definition) is 3. The van der Waals surface area contributed by atoms with Crippen molar-refractivity contribution in [2.45, 2.75) is 6.92 Å². The van der Waals surface area contributed by atoms with E-state index in [2.05, 4.69) is 21.2 Å². The zero-order chi connectivity index (χ0) is 14.0. The number of carbonyl (C=O) groups is 2. The molecule has 0 bridgehead atoms. The van der Waals surface area contributed by atoms with Crippen LogP contribution in [0.3, 0.4) is 0 Å². The Hall–Kier alpha value is -1.59. The molecule has 0 aliphatic carbocycles. The zero-order valence-electron chi connectivity index (χ0n) is 9.87. The molecule has 1 heterocycles. The molecule has 4 nitrogen and oxygen atoms in total. The standard InChI is InChI=1S/C13H9BrClNO3/c1-7(17)16-13(18)12-5-4-11(19-12)9-3-2-8(15)6-10(9)14/h2-6H,1H3,(H,16,17,18). The Morgan fingerprint density at radius 2 is 2.00 bits per heavy atom. The van der Waals surface area contributed by atoms with E-state index in [0.29, 0.717) is 10.8 Å². The molecule has 1 aromatic carbocycles. The molecule has 2 aromatic rings. The minimum atomic E-state index is -0.566. The lowest BCUT2D eigenvalue weighted by Gasteiger charge is -2.01. The molecule has 0 radical (unpaired) electrons. The third-order valence-corrected chi connectivity index (χ3v) is 3.21. The van der Waals surface area contributed by atoms with Crippen LogP contribution in [-0.4, -0.2) is 11.8 Å². The Labute approximate surface area is 122 Å². The maximum atomic E-state index is 11.6. The first-order valence-electron chi connectivity index (χ1n) is 5.34. The molecular formula is C13H9BrClNO3. The molecule has 0 aliphatic rings. The van der Waals surface area contributed by atoms with Crippen LogP contribution in [-0.2, 0) is 4.79 Å². The van der Waals surface area contributed by atoms with E-state index in [1.54, 1.807) is 24.3 Å². The molecule has 19 heavy (non-hydrogen) atoms. The van der Waals surface area contributed by atoms with Crippen LogP contribution < -0.4 is 5.32 Å². The van der Waals surface area contributed by atoms with Crippen molar-refractivity contribution in [3.8, 4) is 11.3 Å². The average molecular weight is 343 g/mol. The minimum absolute atomic E-state index is 0.0760. The van der Waals surface area contributed by atoms with E-state index in [1.807, 2.05) is 0 Å². The molecule has 0 fully saturated rings. The number of furan rings is 1. The number of imide groups is 1. The Morgan fingerprint density at radius 3 is 2.63 bits per heavy atom. The fourth-order valence-electron chi connectivity index (χ4n) is 1.52. The first-order valence-corrected chi connectivity index (χ1v) is 6.51. The number of halogens is 2. The van der Waals surface area contributed by atoms with E-state index in [0.717, 1.165) is 10.0 Å². The van der Waals surface area contributed by atoms with Crippen molar-refractivity contribution in [2.24, 2.45) is 0 Å². The van der Waals surface area contributed by atoms with E-state index in [1.165, 1.54) is 13.0 Å². The van der Waals surface area contributed by atoms with Gasteiger partial charge in [-0.2, -0.15) is 0 Å². The number of nitrogens with one attached hydrogen (secondary N) is 1. The number of hydrogen-bond donors (Lipinski definition) is 1. The summed E-state index contributed by atoms with van der Waals surface area (Å²) in [7, 11) is 0. The zero-order valence-corrected chi connectivity index (χ0v) is 12.2. The van der Waals surface area contributed by atoms with Crippen molar-refractivity contribution in [2.75, 3.05) is 0 Å². The SMILES string of the molecule is CC(=O)NC(=O)c1ccc(-c2ccc(Cl)cc2Br)o1. The van der Waals surface area contributed by atoms with Gasteiger partial charge in [0.1, 0.15) is 5.76 Å². The fraction of sp³-hybridized carbons (Fsp3) is 0.0769. The normalized spacial score (nSPS) is 10.3. The highest BCUT2D eigenvalue weighted by Gasteiger charge is 2.14. The molecule has 1 N–H and O–H groups in total. The van der Waals surface area contributed by atoms with Gasteiger partial charge in [-0.1, -0.05) is 11.6 Å². The molecule has 0 spiro atoms. The van der Waals surface area contributed by atoms with Crippen molar-refractivity contribution in [3.05, 3.63) is 45.6 Å². The van der Waals surface area contributed by atoms with Crippen LogP contribution in [0.5, 0.6) is 0 Å². The number of amides is 2. The van der Waals surface area contributed by atoms with E-state index in [9.17, 15) is 9.59 Å². The summed E-state index contributed by atoms with van der Waals surface area (Å²) in [4.78, 5) is 22.4. The lowest BCUT2D eigenvalue weighted by atomic mass is 10.2. The summed E-state index contributed by atoms with van der Waals surface area (Å²) in [6, 6.07) is 8.39. The van der Waals surface area contributed by atoms with E-state index >= 15 is 0 Å². The van der Waals surface area contributed by atoms with E-state index in [4.69, 9.17) is 16.0 Å². The monoisotopic (exact) mass is 341 g/mol. The summed E-state index contributed by atoms with van der Waals surface area (Å²) in [6.45, 7) is 1.26. The van der Waals surface area contributed by atoms with Gasteiger partial charge in [0.15, 0.2) is 5.76 Å². The van der Waals surface area contributed by atoms with Crippen LogP contribution in [0, 0.1) is 0 Å². The predicted molar refractivity (Wildman–Crippen MR) is 75.0 cm³/mol. The van der Waals surface area contributed by atoms with Gasteiger partial charge >= 0.3 is 0 Å². The second-order valence-electron chi connectivity index (χ2n) is 3.80. The molecule has 98 valence electrons. The summed E-state index contributed by atoms with van der Waals surface area (Å²) in [5.41, 5.74) is 0.770. The quantitative estimate of drug-likeness (QED) is 0.906. The molecule has 0 saturated carbocycles. The predicted octanol–water partition coefficient (Wildman–Crippen LogP) is 3.64. The third kappa shape index (κ3) is 3.24. The molecule has 0 atom stereocenters.